The Bertz CT molecular complexity index is 654. The molecule has 0 amide bonds. The highest BCUT2D eigenvalue weighted by Gasteiger charge is 2.26. The van der Waals surface area contributed by atoms with E-state index in [4.69, 9.17) is 4.74 Å². The lowest BCUT2D eigenvalue weighted by Crippen LogP contribution is -2.12. The van der Waals surface area contributed by atoms with E-state index in [-0.39, 0.29) is 11.8 Å². The maximum atomic E-state index is 11.9. The Hall–Kier alpha value is -2.10. The molecule has 1 aliphatic carbocycles. The second-order valence-corrected chi connectivity index (χ2v) is 4.35. The standard InChI is InChI=1S/C14H13NO3/c1-2-18-14(17)13-9-6-7-11(16)8-4-3-5-10(15-13)12(8)9/h3-5,15H,2,6-7H2,1H3. The van der Waals surface area contributed by atoms with E-state index in [1.165, 1.54) is 0 Å². The molecule has 18 heavy (non-hydrogen) atoms. The van der Waals surface area contributed by atoms with Gasteiger partial charge in [-0.3, -0.25) is 4.79 Å². The van der Waals surface area contributed by atoms with Crippen LogP contribution < -0.4 is 0 Å². The Morgan fingerprint density at radius 1 is 1.39 bits per heavy atom. The number of carbonyl (C=O) groups is 2. The van der Waals surface area contributed by atoms with Crippen molar-refractivity contribution < 1.29 is 14.3 Å². The number of hydrogen-bond donors (Lipinski definition) is 1. The Kier molecular flexibility index (Phi) is 2.44. The van der Waals surface area contributed by atoms with E-state index in [9.17, 15) is 9.59 Å². The fraction of sp³-hybridized carbons (Fsp3) is 0.286. The van der Waals surface area contributed by atoms with Crippen LogP contribution in [0, 0.1) is 0 Å². The average molecular weight is 243 g/mol. The Balaban J connectivity index is 2.26. The van der Waals surface area contributed by atoms with Gasteiger partial charge in [-0.05, 0) is 25.0 Å². The molecule has 1 heterocycles. The molecule has 0 spiro atoms. The third-order valence-electron chi connectivity index (χ3n) is 3.31. The van der Waals surface area contributed by atoms with E-state index in [0.29, 0.717) is 30.7 Å². The number of H-pyrrole nitrogens is 1. The first-order chi connectivity index (χ1) is 8.72. The molecule has 0 saturated heterocycles. The van der Waals surface area contributed by atoms with Crippen LogP contribution in [0.4, 0.5) is 0 Å². The third-order valence-corrected chi connectivity index (χ3v) is 3.31. The summed E-state index contributed by atoms with van der Waals surface area (Å²) in [5.41, 5.74) is 2.95. The first-order valence-corrected chi connectivity index (χ1v) is 6.06. The van der Waals surface area contributed by atoms with Gasteiger partial charge < -0.3 is 9.72 Å². The molecule has 4 nitrogen and oxygen atoms in total. The minimum absolute atomic E-state index is 0.141. The van der Waals surface area contributed by atoms with Gasteiger partial charge in [-0.25, -0.2) is 4.79 Å². The highest BCUT2D eigenvalue weighted by atomic mass is 16.5. The number of ketones is 1. The molecule has 1 aliphatic rings. The molecule has 1 aromatic heterocycles. The molecular formula is C14H13NO3. The lowest BCUT2D eigenvalue weighted by Gasteiger charge is -2.11. The smallest absolute Gasteiger partial charge is 0.355 e. The lowest BCUT2D eigenvalue weighted by atomic mass is 9.90. The molecular weight excluding hydrogens is 230 g/mol. The van der Waals surface area contributed by atoms with Crippen LogP contribution in [0.15, 0.2) is 18.2 Å². The molecule has 0 aliphatic heterocycles. The van der Waals surface area contributed by atoms with Gasteiger partial charge in [0, 0.05) is 22.9 Å². The van der Waals surface area contributed by atoms with Crippen LogP contribution >= 0.6 is 0 Å². The first kappa shape index (κ1) is 11.0. The number of ether oxygens (including phenoxy) is 1. The predicted octanol–water partition coefficient (Wildman–Crippen LogP) is 2.47. The van der Waals surface area contributed by atoms with Gasteiger partial charge in [0.05, 0.1) is 6.61 Å². The number of carbonyl (C=O) groups excluding carboxylic acids is 2. The third kappa shape index (κ3) is 1.45. The van der Waals surface area contributed by atoms with E-state index in [1.807, 2.05) is 18.2 Å². The number of nitrogens with one attached hydrogen (secondary N) is 1. The predicted molar refractivity (Wildman–Crippen MR) is 66.9 cm³/mol. The Morgan fingerprint density at radius 3 is 3.00 bits per heavy atom. The van der Waals surface area contributed by atoms with E-state index < -0.39 is 0 Å². The number of Topliss-reactive ketones (excluding diaryl/α,β-unsaturated/α-hetero) is 1. The quantitative estimate of drug-likeness (QED) is 0.824. The number of esters is 1. The zero-order valence-corrected chi connectivity index (χ0v) is 10.1. The van der Waals surface area contributed by atoms with Crippen molar-refractivity contribution in [1.29, 1.82) is 0 Å². The van der Waals surface area contributed by atoms with E-state index >= 15 is 0 Å². The summed E-state index contributed by atoms with van der Waals surface area (Å²) in [5.74, 6) is -0.202. The fourth-order valence-electron chi connectivity index (χ4n) is 2.55. The maximum Gasteiger partial charge on any atom is 0.355 e. The number of aromatic nitrogens is 1. The molecule has 2 aromatic rings. The van der Waals surface area contributed by atoms with Crippen LogP contribution in [0.3, 0.4) is 0 Å². The van der Waals surface area contributed by atoms with Gasteiger partial charge in [-0.2, -0.15) is 0 Å². The topological polar surface area (TPSA) is 59.2 Å². The first-order valence-electron chi connectivity index (χ1n) is 6.06. The number of benzene rings is 1. The van der Waals surface area contributed by atoms with E-state index in [2.05, 4.69) is 4.98 Å². The monoisotopic (exact) mass is 243 g/mol. The summed E-state index contributed by atoms with van der Waals surface area (Å²) >= 11 is 0. The van der Waals surface area contributed by atoms with Crippen molar-refractivity contribution in [2.45, 2.75) is 19.8 Å². The van der Waals surface area contributed by atoms with E-state index in [1.54, 1.807) is 6.92 Å². The highest BCUT2D eigenvalue weighted by molar-refractivity contribution is 6.13. The van der Waals surface area contributed by atoms with Gasteiger partial charge in [0.25, 0.3) is 0 Å². The summed E-state index contributed by atoms with van der Waals surface area (Å²) in [4.78, 5) is 26.8. The Morgan fingerprint density at radius 2 is 2.22 bits per heavy atom. The lowest BCUT2D eigenvalue weighted by molar-refractivity contribution is 0.0518. The second kappa shape index (κ2) is 3.98. The van der Waals surface area contributed by atoms with Gasteiger partial charge in [0.2, 0.25) is 0 Å². The molecule has 4 heteroatoms. The zero-order valence-electron chi connectivity index (χ0n) is 10.1. The SMILES string of the molecule is CCOC(=O)c1[nH]c2cccc3c2c1CCC3=O. The summed E-state index contributed by atoms with van der Waals surface area (Å²) in [6, 6.07) is 5.52. The minimum atomic E-state index is -0.344. The average Bonchev–Trinajstić information content (AvgIpc) is 2.74. The van der Waals surface area contributed by atoms with Crippen LogP contribution in [0.1, 0.15) is 39.8 Å². The van der Waals surface area contributed by atoms with E-state index in [0.717, 1.165) is 16.5 Å². The molecule has 92 valence electrons. The van der Waals surface area contributed by atoms with Crippen molar-refractivity contribution in [2.75, 3.05) is 6.61 Å². The molecule has 0 unspecified atom stereocenters. The normalized spacial score (nSPS) is 13.9. The van der Waals surface area contributed by atoms with Crippen LogP contribution in [-0.4, -0.2) is 23.3 Å². The van der Waals surface area contributed by atoms with Gasteiger partial charge in [-0.1, -0.05) is 12.1 Å². The summed E-state index contributed by atoms with van der Waals surface area (Å²) in [7, 11) is 0. The van der Waals surface area contributed by atoms with Crippen LogP contribution in [-0.2, 0) is 11.2 Å². The molecule has 0 atom stereocenters. The highest BCUT2D eigenvalue weighted by Crippen LogP contribution is 2.32. The molecule has 0 radical (unpaired) electrons. The second-order valence-electron chi connectivity index (χ2n) is 4.35. The van der Waals surface area contributed by atoms with Gasteiger partial charge in [0.1, 0.15) is 5.69 Å². The summed E-state index contributed by atoms with van der Waals surface area (Å²) in [6.07, 6.45) is 1.06. The van der Waals surface area contributed by atoms with Crippen LogP contribution in [0.25, 0.3) is 10.9 Å². The van der Waals surface area contributed by atoms with Crippen molar-refractivity contribution in [3.05, 3.63) is 35.0 Å². The van der Waals surface area contributed by atoms with Crippen molar-refractivity contribution in [3.63, 3.8) is 0 Å². The summed E-state index contributed by atoms with van der Waals surface area (Å²) < 4.78 is 5.04. The van der Waals surface area contributed by atoms with Gasteiger partial charge >= 0.3 is 5.97 Å². The Labute approximate surface area is 104 Å². The summed E-state index contributed by atoms with van der Waals surface area (Å²) in [6.45, 7) is 2.13. The van der Waals surface area contributed by atoms with Crippen molar-refractivity contribution in [3.8, 4) is 0 Å². The summed E-state index contributed by atoms with van der Waals surface area (Å²) in [5, 5.41) is 0.886. The molecule has 3 rings (SSSR count). The molecule has 1 N–H and O–H groups in total. The van der Waals surface area contributed by atoms with Gasteiger partial charge in [-0.15, -0.1) is 0 Å². The molecule has 0 saturated carbocycles. The number of aromatic amines is 1. The number of hydrogen-bond acceptors (Lipinski definition) is 3. The minimum Gasteiger partial charge on any atom is -0.461 e. The number of rotatable bonds is 2. The van der Waals surface area contributed by atoms with Crippen molar-refractivity contribution in [1.82, 2.24) is 4.98 Å². The van der Waals surface area contributed by atoms with Crippen LogP contribution in [0.2, 0.25) is 0 Å². The molecule has 0 fully saturated rings. The fourth-order valence-corrected chi connectivity index (χ4v) is 2.55. The number of aryl methyl sites for hydroxylation is 1. The maximum absolute atomic E-state index is 11.9. The zero-order chi connectivity index (χ0) is 12.7. The largest absolute Gasteiger partial charge is 0.461 e. The van der Waals surface area contributed by atoms with Crippen molar-refractivity contribution >= 4 is 22.7 Å². The molecule has 0 bridgehead atoms. The molecule has 1 aromatic carbocycles. The van der Waals surface area contributed by atoms with Gasteiger partial charge in [0.15, 0.2) is 5.78 Å². The van der Waals surface area contributed by atoms with Crippen molar-refractivity contribution in [2.24, 2.45) is 0 Å². The van der Waals surface area contributed by atoms with Crippen LogP contribution in [0.5, 0.6) is 0 Å².